The van der Waals surface area contributed by atoms with Crippen LogP contribution >= 0.6 is 0 Å². The van der Waals surface area contributed by atoms with Gasteiger partial charge in [0.25, 0.3) is 5.91 Å². The number of aryl methyl sites for hydroxylation is 1. The van der Waals surface area contributed by atoms with Crippen LogP contribution in [0.2, 0.25) is 0 Å². The van der Waals surface area contributed by atoms with Crippen molar-refractivity contribution in [2.24, 2.45) is 11.8 Å². The Morgan fingerprint density at radius 2 is 1.78 bits per heavy atom. The predicted molar refractivity (Wildman–Crippen MR) is 199 cm³/mol. The van der Waals surface area contributed by atoms with Crippen LogP contribution in [0.25, 0.3) is 10.9 Å². The number of methoxy groups -OCH3 is 1. The zero-order chi connectivity index (χ0) is 38.4. The number of likely N-dealkylation sites (tertiary alicyclic amines) is 1. The summed E-state index contributed by atoms with van der Waals surface area (Å²) < 4.78 is 45.8. The molecule has 5 aliphatic rings. The largest absolute Gasteiger partial charge is 0.494 e. The quantitative estimate of drug-likeness (QED) is 0.254. The number of ether oxygens (including phenoxy) is 3. The maximum absolute atomic E-state index is 14.5. The van der Waals surface area contributed by atoms with Gasteiger partial charge in [0.15, 0.2) is 0 Å². The van der Waals surface area contributed by atoms with Crippen molar-refractivity contribution in [3.05, 3.63) is 42.1 Å². The topological polar surface area (TPSA) is 182 Å². The first-order valence-corrected chi connectivity index (χ1v) is 20.8. The summed E-state index contributed by atoms with van der Waals surface area (Å²) in [5.74, 6) is -1.56. The number of fused-ring (bicyclic) bond motifs is 2. The fourth-order valence-corrected chi connectivity index (χ4v) is 9.61. The molecule has 1 aromatic heterocycles. The zero-order valence-electron chi connectivity index (χ0n) is 31.2. The highest BCUT2D eigenvalue weighted by atomic mass is 32.2. The number of aromatic nitrogens is 1. The number of hydrogen-bond donors (Lipinski definition) is 3. The fraction of sp³-hybridized carbons (Fsp3) is 0.615. The Hall–Kier alpha value is -4.40. The number of amides is 4. The molecule has 1 aliphatic heterocycles. The smallest absolute Gasteiger partial charge is 0.408 e. The number of pyridine rings is 1. The molecule has 4 amide bonds. The third kappa shape index (κ3) is 7.47. The highest BCUT2D eigenvalue weighted by Gasteiger charge is 2.62. The van der Waals surface area contributed by atoms with Crippen molar-refractivity contribution in [1.29, 1.82) is 0 Å². The number of alkyl carbamates (subject to hydrolysis) is 1. The Labute approximate surface area is 316 Å². The molecule has 0 radical (unpaired) electrons. The Kier molecular flexibility index (Phi) is 10.5. The molecule has 2 aromatic rings. The van der Waals surface area contributed by atoms with Gasteiger partial charge in [-0.3, -0.25) is 19.1 Å². The van der Waals surface area contributed by atoms with Gasteiger partial charge in [-0.15, -0.1) is 6.58 Å². The highest BCUT2D eigenvalue weighted by Crippen LogP contribution is 2.46. The van der Waals surface area contributed by atoms with E-state index in [-0.39, 0.29) is 31.4 Å². The molecule has 1 aromatic carbocycles. The molecule has 7 rings (SSSR count). The molecular weight excluding hydrogens is 715 g/mol. The third-order valence-electron chi connectivity index (χ3n) is 11.6. The molecule has 2 heterocycles. The summed E-state index contributed by atoms with van der Waals surface area (Å²) in [5.41, 5.74) is 1.05. The molecule has 4 fully saturated rings. The fourth-order valence-electron chi connectivity index (χ4n) is 8.25. The molecule has 2 unspecified atom stereocenters. The summed E-state index contributed by atoms with van der Waals surface area (Å²) in [6.45, 7) is 7.42. The van der Waals surface area contributed by atoms with Crippen molar-refractivity contribution < 1.29 is 41.8 Å². The molecule has 54 heavy (non-hydrogen) atoms. The second-order valence-corrected chi connectivity index (χ2v) is 17.7. The highest BCUT2D eigenvalue weighted by molar-refractivity contribution is 7.91. The van der Waals surface area contributed by atoms with Gasteiger partial charge in [-0.1, -0.05) is 26.0 Å². The Balaban J connectivity index is 1.19. The molecule has 1 saturated heterocycles. The Morgan fingerprint density at radius 3 is 2.44 bits per heavy atom. The minimum absolute atomic E-state index is 0.0161. The lowest BCUT2D eigenvalue weighted by atomic mass is 9.93. The van der Waals surface area contributed by atoms with Crippen LogP contribution in [0.1, 0.15) is 89.3 Å². The molecule has 0 bridgehead atoms. The van der Waals surface area contributed by atoms with E-state index in [4.69, 9.17) is 19.2 Å². The average Bonchev–Trinajstić information content (AvgIpc) is 4.03. The number of hydrogen-bond acceptors (Lipinski definition) is 10. The van der Waals surface area contributed by atoms with Gasteiger partial charge in [0, 0.05) is 29.0 Å². The second-order valence-electron chi connectivity index (χ2n) is 15.8. The monoisotopic (exact) mass is 765 g/mol. The third-order valence-corrected chi connectivity index (χ3v) is 13.4. The van der Waals surface area contributed by atoms with Crippen molar-refractivity contribution >= 4 is 44.7 Å². The van der Waals surface area contributed by atoms with Crippen LogP contribution in [0.3, 0.4) is 0 Å². The Morgan fingerprint density at radius 1 is 1.04 bits per heavy atom. The first-order valence-electron chi connectivity index (χ1n) is 19.3. The number of sulfonamides is 1. The maximum Gasteiger partial charge on any atom is 0.408 e. The summed E-state index contributed by atoms with van der Waals surface area (Å²) in [5, 5.41) is 5.73. The minimum Gasteiger partial charge on any atom is -0.494 e. The summed E-state index contributed by atoms with van der Waals surface area (Å²) >= 11 is 0. The SMILES string of the molecule is C=CC1CC1(NC(=O)[C@@H]1C[C@@H](Oc2c3c(nc4c(OC)cccc24)CCCC3)CN1C(=O)[C@@H](NC(=O)OC1CCCC1)C(C)C)C(=O)NS(=O)(=O)C1CC1. The zero-order valence-corrected chi connectivity index (χ0v) is 32.0. The summed E-state index contributed by atoms with van der Waals surface area (Å²) in [4.78, 5) is 61.9. The van der Waals surface area contributed by atoms with Crippen LogP contribution in [0.15, 0.2) is 30.9 Å². The van der Waals surface area contributed by atoms with E-state index in [1.807, 2.05) is 18.2 Å². The molecule has 5 atom stereocenters. The van der Waals surface area contributed by atoms with Gasteiger partial charge in [-0.05, 0) is 88.7 Å². The van der Waals surface area contributed by atoms with Crippen LogP contribution in [0.5, 0.6) is 11.5 Å². The van der Waals surface area contributed by atoms with Gasteiger partial charge >= 0.3 is 6.09 Å². The molecule has 14 nitrogen and oxygen atoms in total. The van der Waals surface area contributed by atoms with Crippen molar-refractivity contribution in [3.8, 4) is 11.5 Å². The van der Waals surface area contributed by atoms with Crippen LogP contribution < -0.4 is 24.8 Å². The Bertz CT molecular complexity index is 1940. The van der Waals surface area contributed by atoms with E-state index in [1.54, 1.807) is 21.0 Å². The van der Waals surface area contributed by atoms with E-state index >= 15 is 0 Å². The minimum atomic E-state index is -3.89. The number of nitrogens with zero attached hydrogens (tertiary/aromatic N) is 2. The van der Waals surface area contributed by atoms with Gasteiger partial charge in [0.1, 0.15) is 46.8 Å². The normalized spacial score (nSPS) is 25.8. The van der Waals surface area contributed by atoms with Crippen LogP contribution in [-0.2, 0) is 42.0 Å². The van der Waals surface area contributed by atoms with Gasteiger partial charge < -0.3 is 29.7 Å². The molecule has 4 aliphatic carbocycles. The van der Waals surface area contributed by atoms with Crippen LogP contribution in [0, 0.1) is 11.8 Å². The number of carbonyl (C=O) groups is 4. The molecule has 3 N–H and O–H groups in total. The summed E-state index contributed by atoms with van der Waals surface area (Å²) in [7, 11) is -2.30. The van der Waals surface area contributed by atoms with Gasteiger partial charge in [0.2, 0.25) is 21.8 Å². The van der Waals surface area contributed by atoms with Crippen LogP contribution in [0.4, 0.5) is 4.79 Å². The summed E-state index contributed by atoms with van der Waals surface area (Å²) in [6, 6.07) is 3.51. The van der Waals surface area contributed by atoms with E-state index in [2.05, 4.69) is 21.9 Å². The van der Waals surface area contributed by atoms with Gasteiger partial charge in [0.05, 0.1) is 18.9 Å². The second kappa shape index (κ2) is 15.0. The number of rotatable bonds is 13. The number of carbonyl (C=O) groups excluding carboxylic acids is 4. The van der Waals surface area contributed by atoms with Crippen molar-refractivity contribution in [2.75, 3.05) is 13.7 Å². The first kappa shape index (κ1) is 37.9. The van der Waals surface area contributed by atoms with Crippen LogP contribution in [-0.4, -0.2) is 90.9 Å². The lowest BCUT2D eigenvalue weighted by Gasteiger charge is -2.31. The maximum atomic E-state index is 14.5. The van der Waals surface area contributed by atoms with E-state index in [0.717, 1.165) is 68.0 Å². The number of nitrogens with one attached hydrogen (secondary N) is 3. The molecule has 3 saturated carbocycles. The van der Waals surface area contributed by atoms with Gasteiger partial charge in [-0.2, -0.15) is 0 Å². The standard InChI is InChI=1S/C39H51N5O9S/c1-5-23-20-39(23,37(47)43-54(49,50)26-17-18-26)42-35(45)30-19-25(21-44(30)36(46)32(22(2)3)41-38(48)53-24-11-6-7-12-24)52-34-27-13-8-9-15-29(27)40-33-28(34)14-10-16-31(33)51-4/h5,10,14,16,22-26,30,32H,1,6-9,11-13,15,17-21H2,2-4H3,(H,41,48)(H,42,45)(H,43,47)/t23?,25-,30+,32+,39?/m1/s1. The lowest BCUT2D eigenvalue weighted by molar-refractivity contribution is -0.141. The number of para-hydroxylation sites is 1. The van der Waals surface area contributed by atoms with E-state index in [1.165, 1.54) is 11.0 Å². The predicted octanol–water partition coefficient (Wildman–Crippen LogP) is 3.83. The van der Waals surface area contributed by atoms with E-state index in [0.29, 0.717) is 29.9 Å². The first-order chi connectivity index (χ1) is 25.8. The van der Waals surface area contributed by atoms with Crippen molar-refractivity contribution in [2.45, 2.75) is 126 Å². The lowest BCUT2D eigenvalue weighted by Crippen LogP contribution is -2.59. The van der Waals surface area contributed by atoms with E-state index < -0.39 is 68.7 Å². The van der Waals surface area contributed by atoms with Gasteiger partial charge in [-0.25, -0.2) is 18.2 Å². The van der Waals surface area contributed by atoms with Crippen molar-refractivity contribution in [3.63, 3.8) is 0 Å². The van der Waals surface area contributed by atoms with Crippen molar-refractivity contribution in [1.82, 2.24) is 25.2 Å². The molecule has 292 valence electrons. The molecule has 15 heteroatoms. The average molecular weight is 766 g/mol. The van der Waals surface area contributed by atoms with E-state index in [9.17, 15) is 27.6 Å². The molecule has 0 spiro atoms. The number of benzene rings is 1. The summed E-state index contributed by atoms with van der Waals surface area (Å²) in [6.07, 6.45) is 8.11. The molecular formula is C39H51N5O9S.